The van der Waals surface area contributed by atoms with Crippen LogP contribution in [-0.4, -0.2) is 25.9 Å². The van der Waals surface area contributed by atoms with Gasteiger partial charge in [0.25, 0.3) is 0 Å². The van der Waals surface area contributed by atoms with Crippen molar-refractivity contribution in [1.82, 2.24) is 5.32 Å². The van der Waals surface area contributed by atoms with E-state index in [2.05, 4.69) is 37.4 Å². The zero-order chi connectivity index (χ0) is 14.0. The number of aliphatic hydroxyl groups excluding tert-OH is 1. The molecule has 1 unspecified atom stereocenters. The molecule has 0 aliphatic heterocycles. The van der Waals surface area contributed by atoms with Gasteiger partial charge in [-0.15, -0.1) is 0 Å². The van der Waals surface area contributed by atoms with Crippen LogP contribution >= 0.6 is 0 Å². The zero-order valence-electron chi connectivity index (χ0n) is 12.4. The van der Waals surface area contributed by atoms with Gasteiger partial charge in [-0.05, 0) is 37.4 Å². The van der Waals surface area contributed by atoms with Crippen LogP contribution in [0.15, 0.2) is 18.2 Å². The van der Waals surface area contributed by atoms with Crippen molar-refractivity contribution in [3.05, 3.63) is 29.3 Å². The molecule has 3 nitrogen and oxygen atoms in total. The quantitative estimate of drug-likeness (QED) is 0.829. The topological polar surface area (TPSA) is 41.5 Å². The lowest BCUT2D eigenvalue weighted by Crippen LogP contribution is -2.29. The molecule has 1 saturated carbocycles. The third-order valence-electron chi connectivity index (χ3n) is 4.34. The molecule has 19 heavy (non-hydrogen) atoms. The number of rotatable bonds is 6. The largest absolute Gasteiger partial charge is 0.496 e. The van der Waals surface area contributed by atoms with E-state index in [0.29, 0.717) is 5.92 Å². The van der Waals surface area contributed by atoms with Crippen LogP contribution in [0.25, 0.3) is 0 Å². The van der Waals surface area contributed by atoms with Crippen molar-refractivity contribution >= 4 is 0 Å². The summed E-state index contributed by atoms with van der Waals surface area (Å²) < 4.78 is 5.56. The van der Waals surface area contributed by atoms with Crippen LogP contribution in [0, 0.1) is 5.41 Å². The highest BCUT2D eigenvalue weighted by atomic mass is 16.5. The lowest BCUT2D eigenvalue weighted by Gasteiger charge is -2.27. The molecule has 2 rings (SSSR count). The fourth-order valence-corrected chi connectivity index (χ4v) is 2.82. The van der Waals surface area contributed by atoms with Crippen molar-refractivity contribution in [2.75, 3.05) is 20.8 Å². The average molecular weight is 263 g/mol. The second kappa shape index (κ2) is 5.51. The summed E-state index contributed by atoms with van der Waals surface area (Å²) in [6.45, 7) is 4.59. The van der Waals surface area contributed by atoms with Crippen molar-refractivity contribution in [3.8, 4) is 5.75 Å². The van der Waals surface area contributed by atoms with Crippen molar-refractivity contribution in [2.24, 2.45) is 5.41 Å². The first-order chi connectivity index (χ1) is 9.07. The summed E-state index contributed by atoms with van der Waals surface area (Å²) >= 11 is 0. The first kappa shape index (κ1) is 14.4. The van der Waals surface area contributed by atoms with Crippen LogP contribution in [0.3, 0.4) is 0 Å². The number of aliphatic hydroxyl groups is 1. The Morgan fingerprint density at radius 2 is 2.05 bits per heavy atom. The molecule has 1 aliphatic rings. The molecule has 0 saturated heterocycles. The van der Waals surface area contributed by atoms with E-state index in [1.165, 1.54) is 5.56 Å². The van der Waals surface area contributed by atoms with Gasteiger partial charge in [0.2, 0.25) is 0 Å². The first-order valence-electron chi connectivity index (χ1n) is 7.04. The summed E-state index contributed by atoms with van der Waals surface area (Å²) in [6.07, 6.45) is 2.15. The van der Waals surface area contributed by atoms with Crippen LogP contribution in [0.1, 0.15) is 49.8 Å². The number of hydrogen-bond donors (Lipinski definition) is 2. The lowest BCUT2D eigenvalue weighted by atomic mass is 9.88. The van der Waals surface area contributed by atoms with E-state index in [0.717, 1.165) is 24.2 Å². The summed E-state index contributed by atoms with van der Waals surface area (Å²) in [5.41, 5.74) is 2.44. The molecule has 2 N–H and O–H groups in total. The van der Waals surface area contributed by atoms with E-state index >= 15 is 0 Å². The van der Waals surface area contributed by atoms with E-state index in [1.54, 1.807) is 7.11 Å². The molecule has 0 heterocycles. The Hall–Kier alpha value is -1.06. The first-order valence-corrected chi connectivity index (χ1v) is 7.04. The molecule has 1 aromatic rings. The van der Waals surface area contributed by atoms with Crippen LogP contribution < -0.4 is 10.1 Å². The Labute approximate surface area is 116 Å². The van der Waals surface area contributed by atoms with Crippen molar-refractivity contribution in [1.29, 1.82) is 0 Å². The summed E-state index contributed by atoms with van der Waals surface area (Å²) in [5.74, 6) is 1.41. The molecule has 1 atom stereocenters. The lowest BCUT2D eigenvalue weighted by molar-refractivity contribution is 0.174. The van der Waals surface area contributed by atoms with E-state index in [9.17, 15) is 5.11 Å². The van der Waals surface area contributed by atoms with Gasteiger partial charge in [0, 0.05) is 17.0 Å². The van der Waals surface area contributed by atoms with Gasteiger partial charge in [-0.3, -0.25) is 0 Å². The number of ether oxygens (including phenoxy) is 1. The monoisotopic (exact) mass is 263 g/mol. The number of benzene rings is 1. The molecule has 1 aromatic carbocycles. The number of methoxy groups -OCH3 is 1. The Balaban J connectivity index is 2.37. The van der Waals surface area contributed by atoms with Gasteiger partial charge in [0.1, 0.15) is 5.75 Å². The molecule has 0 bridgehead atoms. The Morgan fingerprint density at radius 3 is 2.47 bits per heavy atom. The van der Waals surface area contributed by atoms with Crippen molar-refractivity contribution in [2.45, 2.75) is 38.6 Å². The number of nitrogens with one attached hydrogen (secondary N) is 1. The average Bonchev–Trinajstić information content (AvgIpc) is 3.20. The predicted octanol–water partition coefficient (Wildman–Crippen LogP) is 2.85. The smallest absolute Gasteiger partial charge is 0.123 e. The molecule has 0 radical (unpaired) electrons. The van der Waals surface area contributed by atoms with Gasteiger partial charge in [-0.25, -0.2) is 0 Å². The predicted molar refractivity (Wildman–Crippen MR) is 77.6 cm³/mol. The maximum absolute atomic E-state index is 9.64. The Kier molecular flexibility index (Phi) is 4.16. The molecule has 1 aliphatic carbocycles. The third kappa shape index (κ3) is 2.63. The highest BCUT2D eigenvalue weighted by molar-refractivity contribution is 5.42. The van der Waals surface area contributed by atoms with Crippen LogP contribution in [-0.2, 0) is 0 Å². The highest BCUT2D eigenvalue weighted by Gasteiger charge is 2.49. The minimum atomic E-state index is 0.00137. The van der Waals surface area contributed by atoms with Gasteiger partial charge in [0.15, 0.2) is 0 Å². The molecular formula is C16H25NO2. The second-order valence-electron chi connectivity index (χ2n) is 5.90. The van der Waals surface area contributed by atoms with Crippen LogP contribution in [0.4, 0.5) is 0 Å². The minimum absolute atomic E-state index is 0.00137. The SMILES string of the molecule is CNC(c1ccc(C(C)C)cc1OC)C1(CO)CC1. The molecule has 3 heteroatoms. The van der Waals surface area contributed by atoms with E-state index in [-0.39, 0.29) is 18.1 Å². The van der Waals surface area contributed by atoms with Crippen LogP contribution in [0.5, 0.6) is 5.75 Å². The Bertz CT molecular complexity index is 438. The van der Waals surface area contributed by atoms with E-state index in [4.69, 9.17) is 4.74 Å². The summed E-state index contributed by atoms with van der Waals surface area (Å²) in [4.78, 5) is 0. The third-order valence-corrected chi connectivity index (χ3v) is 4.34. The zero-order valence-corrected chi connectivity index (χ0v) is 12.4. The van der Waals surface area contributed by atoms with Gasteiger partial charge in [-0.1, -0.05) is 26.0 Å². The van der Waals surface area contributed by atoms with E-state index < -0.39 is 0 Å². The standard InChI is InChI=1S/C16H25NO2/c1-11(2)12-5-6-13(14(9-12)19-4)15(17-3)16(10-18)7-8-16/h5-6,9,11,15,17-18H,7-8,10H2,1-4H3. The molecule has 106 valence electrons. The van der Waals surface area contributed by atoms with E-state index in [1.807, 2.05) is 7.05 Å². The fraction of sp³-hybridized carbons (Fsp3) is 0.625. The van der Waals surface area contributed by atoms with Crippen molar-refractivity contribution in [3.63, 3.8) is 0 Å². The maximum atomic E-state index is 9.64. The molecule has 1 fully saturated rings. The molecular weight excluding hydrogens is 238 g/mol. The second-order valence-corrected chi connectivity index (χ2v) is 5.90. The normalized spacial score (nSPS) is 18.4. The molecule has 0 spiro atoms. The highest BCUT2D eigenvalue weighted by Crippen LogP contribution is 2.55. The van der Waals surface area contributed by atoms with Gasteiger partial charge < -0.3 is 15.2 Å². The van der Waals surface area contributed by atoms with Crippen LogP contribution in [0.2, 0.25) is 0 Å². The molecule has 0 aromatic heterocycles. The van der Waals surface area contributed by atoms with Crippen molar-refractivity contribution < 1.29 is 9.84 Å². The maximum Gasteiger partial charge on any atom is 0.123 e. The fourth-order valence-electron chi connectivity index (χ4n) is 2.82. The molecule has 0 amide bonds. The summed E-state index contributed by atoms with van der Waals surface area (Å²) in [5, 5.41) is 13.0. The number of hydrogen-bond acceptors (Lipinski definition) is 3. The summed E-state index contributed by atoms with van der Waals surface area (Å²) in [6, 6.07) is 6.59. The van der Waals surface area contributed by atoms with Gasteiger partial charge >= 0.3 is 0 Å². The summed E-state index contributed by atoms with van der Waals surface area (Å²) in [7, 11) is 3.67. The van der Waals surface area contributed by atoms with Gasteiger partial charge in [0.05, 0.1) is 13.7 Å². The minimum Gasteiger partial charge on any atom is -0.496 e. The van der Waals surface area contributed by atoms with Gasteiger partial charge in [-0.2, -0.15) is 0 Å². The Morgan fingerprint density at radius 1 is 1.37 bits per heavy atom.